The lowest BCUT2D eigenvalue weighted by Crippen LogP contribution is -2.17. The summed E-state index contributed by atoms with van der Waals surface area (Å²) in [6.07, 6.45) is -12.1. The van der Waals surface area contributed by atoms with Gasteiger partial charge in [0.25, 0.3) is 0 Å². The zero-order valence-electron chi connectivity index (χ0n) is 14.4. The minimum atomic E-state index is -6.62. The van der Waals surface area contributed by atoms with Crippen LogP contribution in [0.1, 0.15) is 11.1 Å². The Morgan fingerprint density at radius 1 is 0.515 bits per heavy atom. The first-order valence-electron chi connectivity index (χ1n) is 7.30. The van der Waals surface area contributed by atoms with E-state index in [1.54, 1.807) is 0 Å². The van der Waals surface area contributed by atoms with Gasteiger partial charge in [0.2, 0.25) is 34.8 Å². The molecule has 4 nitrogen and oxygen atoms in total. The van der Waals surface area contributed by atoms with Crippen molar-refractivity contribution in [2.45, 2.75) is 12.4 Å². The summed E-state index contributed by atoms with van der Waals surface area (Å²) in [5.74, 6) is -30.9. The average molecular weight is 530 g/mol. The Bertz CT molecular complexity index is 1030. The Morgan fingerprint density at radius 3 is 0.909 bits per heavy atom. The second-order valence-electron chi connectivity index (χ2n) is 5.57. The van der Waals surface area contributed by atoms with Gasteiger partial charge in [-0.2, -0.15) is 43.9 Å². The molecule has 33 heavy (non-hydrogen) atoms. The van der Waals surface area contributed by atoms with Crippen molar-refractivity contribution in [3.63, 3.8) is 0 Å². The molecule has 0 unspecified atom stereocenters. The predicted octanol–water partition coefficient (Wildman–Crippen LogP) is 6.40. The highest BCUT2D eigenvalue weighted by atomic mass is 31.2. The quantitative estimate of drug-likeness (QED) is 0.283. The molecule has 19 heteroatoms. The monoisotopic (exact) mass is 530 g/mol. The van der Waals surface area contributed by atoms with E-state index in [1.165, 1.54) is 0 Å². The van der Waals surface area contributed by atoms with Crippen molar-refractivity contribution in [3.8, 4) is 11.5 Å². The molecule has 2 aromatic rings. The molecular weight excluding hydrogens is 529 g/mol. The van der Waals surface area contributed by atoms with Gasteiger partial charge in [-0.15, -0.1) is 0 Å². The number of hydrogen-bond donors (Lipinski definition) is 1. The van der Waals surface area contributed by atoms with Crippen LogP contribution in [0, 0.1) is 46.5 Å². The molecule has 1 N–H and O–H groups in total. The first kappa shape index (κ1) is 26.5. The maximum Gasteiger partial charge on any atom is 0.585 e. The van der Waals surface area contributed by atoms with Crippen LogP contribution in [0.3, 0.4) is 0 Å². The molecule has 0 aliphatic carbocycles. The normalized spacial score (nSPS) is 12.8. The van der Waals surface area contributed by atoms with E-state index in [-0.39, 0.29) is 0 Å². The van der Waals surface area contributed by atoms with Gasteiger partial charge in [0.05, 0.1) is 0 Å². The van der Waals surface area contributed by atoms with Crippen LogP contribution >= 0.6 is 7.82 Å². The lowest BCUT2D eigenvalue weighted by atomic mass is 10.1. The van der Waals surface area contributed by atoms with E-state index >= 15 is 0 Å². The van der Waals surface area contributed by atoms with Crippen LogP contribution in [0.25, 0.3) is 0 Å². The molecule has 0 bridgehead atoms. The Balaban J connectivity index is 2.59. The van der Waals surface area contributed by atoms with E-state index in [1.807, 2.05) is 0 Å². The lowest BCUT2D eigenvalue weighted by Gasteiger charge is -2.19. The molecular formula is C14HF14O4P. The second kappa shape index (κ2) is 8.23. The molecule has 0 fully saturated rings. The van der Waals surface area contributed by atoms with E-state index in [4.69, 9.17) is 0 Å². The third-order valence-electron chi connectivity index (χ3n) is 3.43. The summed E-state index contributed by atoms with van der Waals surface area (Å²) in [4.78, 5) is 9.25. The molecule has 0 saturated carbocycles. The van der Waals surface area contributed by atoms with Gasteiger partial charge >= 0.3 is 20.2 Å². The number of rotatable bonds is 4. The molecule has 184 valence electrons. The van der Waals surface area contributed by atoms with Gasteiger partial charge in [-0.3, -0.25) is 4.89 Å². The fourth-order valence-electron chi connectivity index (χ4n) is 2.13. The third kappa shape index (κ3) is 4.80. The van der Waals surface area contributed by atoms with E-state index in [0.29, 0.717) is 0 Å². The van der Waals surface area contributed by atoms with Gasteiger partial charge in [0.15, 0.2) is 23.3 Å². The van der Waals surface area contributed by atoms with Crippen molar-refractivity contribution in [2.75, 3.05) is 0 Å². The zero-order valence-corrected chi connectivity index (χ0v) is 15.3. The Kier molecular flexibility index (Phi) is 6.61. The summed E-state index contributed by atoms with van der Waals surface area (Å²) >= 11 is 0. The zero-order chi connectivity index (χ0) is 25.8. The van der Waals surface area contributed by atoms with Crippen LogP contribution in [-0.2, 0) is 16.9 Å². The number of hydrogen-bond acceptors (Lipinski definition) is 3. The molecule has 0 aliphatic heterocycles. The molecule has 0 spiro atoms. The van der Waals surface area contributed by atoms with Crippen LogP contribution in [0.2, 0.25) is 0 Å². The van der Waals surface area contributed by atoms with Crippen molar-refractivity contribution < 1.29 is 80.0 Å². The van der Waals surface area contributed by atoms with Gasteiger partial charge in [-0.05, 0) is 0 Å². The summed E-state index contributed by atoms with van der Waals surface area (Å²) in [6.45, 7) is 0. The highest BCUT2D eigenvalue weighted by Crippen LogP contribution is 2.50. The summed E-state index contributed by atoms with van der Waals surface area (Å²) in [7, 11) is -6.62. The van der Waals surface area contributed by atoms with Crippen molar-refractivity contribution >= 4 is 7.82 Å². The lowest BCUT2D eigenvalue weighted by molar-refractivity contribution is -0.144. The van der Waals surface area contributed by atoms with Crippen molar-refractivity contribution in [1.29, 1.82) is 0 Å². The van der Waals surface area contributed by atoms with E-state index < -0.39 is 89.3 Å². The SMILES string of the molecule is O=P(O)(Oc1c(F)c(F)c(C(F)(F)F)c(F)c1F)Oc1c(F)c(F)c(C(F)(F)F)c(F)c1F. The highest BCUT2D eigenvalue weighted by Gasteiger charge is 2.46. The summed E-state index contributed by atoms with van der Waals surface area (Å²) < 4.78 is 202. The molecule has 0 radical (unpaired) electrons. The Morgan fingerprint density at radius 2 is 0.727 bits per heavy atom. The van der Waals surface area contributed by atoms with Crippen molar-refractivity contribution in [1.82, 2.24) is 0 Å². The smallest absolute Gasteiger partial charge is 0.389 e. The highest BCUT2D eigenvalue weighted by molar-refractivity contribution is 7.48. The van der Waals surface area contributed by atoms with Crippen LogP contribution in [-0.4, -0.2) is 4.89 Å². The minimum Gasteiger partial charge on any atom is -0.389 e. The molecule has 0 saturated heterocycles. The summed E-state index contributed by atoms with van der Waals surface area (Å²) in [5, 5.41) is 0. The Hall–Kier alpha value is -2.75. The van der Waals surface area contributed by atoms with Gasteiger partial charge in [-0.1, -0.05) is 0 Å². The molecule has 0 atom stereocenters. The van der Waals surface area contributed by atoms with E-state index in [9.17, 15) is 70.9 Å². The molecule has 2 aromatic carbocycles. The van der Waals surface area contributed by atoms with Gasteiger partial charge in [0.1, 0.15) is 11.1 Å². The van der Waals surface area contributed by atoms with Crippen LogP contribution in [0.15, 0.2) is 0 Å². The third-order valence-corrected chi connectivity index (χ3v) is 4.25. The van der Waals surface area contributed by atoms with Crippen molar-refractivity contribution in [3.05, 3.63) is 57.7 Å². The van der Waals surface area contributed by atoms with E-state index in [0.717, 1.165) is 0 Å². The van der Waals surface area contributed by atoms with Gasteiger partial charge < -0.3 is 9.05 Å². The number of benzene rings is 2. The standard InChI is InChI=1S/C14HF14O4P/c15-3-1(13(23,24)25)4(16)8(20)11(7(3)19)31-33(29,30)32-12-9(21)5(17)2(14(26,27)28)6(18)10(12)22/h(H,29,30). The first-order valence-corrected chi connectivity index (χ1v) is 8.80. The Labute approximate surface area is 170 Å². The minimum absolute atomic E-state index is 2.77. The van der Waals surface area contributed by atoms with Crippen LogP contribution < -0.4 is 9.05 Å². The summed E-state index contributed by atoms with van der Waals surface area (Å²) in [5.41, 5.74) is -6.33. The fraction of sp³-hybridized carbons (Fsp3) is 0.143. The summed E-state index contributed by atoms with van der Waals surface area (Å²) in [6, 6.07) is 0. The number of phosphoric ester groups is 1. The molecule has 0 aliphatic rings. The average Bonchev–Trinajstić information content (AvgIpc) is 2.63. The van der Waals surface area contributed by atoms with Gasteiger partial charge in [-0.25, -0.2) is 22.1 Å². The van der Waals surface area contributed by atoms with Crippen LogP contribution in [0.4, 0.5) is 61.5 Å². The number of alkyl halides is 6. The van der Waals surface area contributed by atoms with Crippen molar-refractivity contribution in [2.24, 2.45) is 0 Å². The van der Waals surface area contributed by atoms with Gasteiger partial charge in [0, 0.05) is 0 Å². The molecule has 0 amide bonds. The molecule has 0 heterocycles. The second-order valence-corrected chi connectivity index (χ2v) is 6.87. The van der Waals surface area contributed by atoms with Crippen LogP contribution in [0.5, 0.6) is 11.5 Å². The van der Waals surface area contributed by atoms with E-state index in [2.05, 4.69) is 9.05 Å². The number of halogens is 14. The topological polar surface area (TPSA) is 55.8 Å². The predicted molar refractivity (Wildman–Crippen MR) is 73.6 cm³/mol. The maximum absolute atomic E-state index is 13.7. The largest absolute Gasteiger partial charge is 0.585 e. The fourth-order valence-corrected chi connectivity index (χ4v) is 2.95. The molecule has 0 aromatic heterocycles. The maximum atomic E-state index is 13.7. The molecule has 2 rings (SSSR count). The first-order chi connectivity index (χ1) is 14.7. The number of phosphoric acid groups is 1.